The number of aryl methyl sites for hydroxylation is 1. The molecular weight excluding hydrogens is 188 g/mol. The van der Waals surface area contributed by atoms with Crippen LogP contribution in [0.25, 0.3) is 0 Å². The molecule has 1 N–H and O–H groups in total. The molecule has 0 radical (unpaired) electrons. The van der Waals surface area contributed by atoms with Gasteiger partial charge < -0.3 is 10.1 Å². The highest BCUT2D eigenvalue weighted by Gasteiger charge is 2.21. The molecule has 1 fully saturated rings. The summed E-state index contributed by atoms with van der Waals surface area (Å²) in [6.07, 6.45) is 4.84. The van der Waals surface area contributed by atoms with E-state index in [9.17, 15) is 0 Å². The topological polar surface area (TPSA) is 34.2 Å². The fraction of sp³-hybridized carbons (Fsp3) is 0.583. The van der Waals surface area contributed by atoms with Crippen LogP contribution < -0.4 is 5.32 Å². The average molecular weight is 206 g/mol. The summed E-state index contributed by atoms with van der Waals surface area (Å²) in [4.78, 5) is 4.18. The minimum Gasteiger partial charge on any atom is -0.381 e. The van der Waals surface area contributed by atoms with Gasteiger partial charge in [-0.25, -0.2) is 0 Å². The van der Waals surface area contributed by atoms with Gasteiger partial charge in [-0.15, -0.1) is 0 Å². The molecule has 0 amide bonds. The summed E-state index contributed by atoms with van der Waals surface area (Å²) in [6.45, 7) is 6.00. The summed E-state index contributed by atoms with van der Waals surface area (Å²) in [6, 6.07) is 2.65. The Bertz CT molecular complexity index is 327. The van der Waals surface area contributed by atoms with Crippen LogP contribution in [0.1, 0.15) is 18.9 Å². The van der Waals surface area contributed by atoms with Crippen LogP contribution in [-0.2, 0) is 4.74 Å². The molecule has 3 nitrogen and oxygen atoms in total. The number of nitrogens with zero attached hydrogens (tertiary/aromatic N) is 1. The maximum atomic E-state index is 5.42. The first-order valence-corrected chi connectivity index (χ1v) is 5.51. The zero-order chi connectivity index (χ0) is 10.7. The molecule has 3 heteroatoms. The van der Waals surface area contributed by atoms with Gasteiger partial charge in [0, 0.05) is 25.0 Å². The molecular formula is C12H18N2O. The first-order valence-electron chi connectivity index (χ1n) is 5.51. The molecule has 1 unspecified atom stereocenters. The molecule has 0 saturated carbocycles. The van der Waals surface area contributed by atoms with E-state index in [0.29, 0.717) is 12.0 Å². The Kier molecular flexibility index (Phi) is 3.21. The van der Waals surface area contributed by atoms with E-state index in [1.54, 1.807) is 0 Å². The normalized spacial score (nSPS) is 26.3. The minimum absolute atomic E-state index is 0.516. The van der Waals surface area contributed by atoms with Crippen LogP contribution in [-0.4, -0.2) is 24.2 Å². The molecule has 0 aliphatic carbocycles. The maximum Gasteiger partial charge on any atom is 0.0531 e. The van der Waals surface area contributed by atoms with E-state index >= 15 is 0 Å². The molecule has 82 valence electrons. The van der Waals surface area contributed by atoms with Gasteiger partial charge in [0.05, 0.1) is 12.3 Å². The van der Waals surface area contributed by atoms with Crippen molar-refractivity contribution in [1.29, 1.82) is 0 Å². The molecule has 1 saturated heterocycles. The molecule has 0 bridgehead atoms. The molecule has 1 aromatic rings. The quantitative estimate of drug-likeness (QED) is 0.805. The van der Waals surface area contributed by atoms with Crippen molar-refractivity contribution in [2.45, 2.75) is 26.3 Å². The van der Waals surface area contributed by atoms with Gasteiger partial charge in [0.25, 0.3) is 0 Å². The molecule has 1 aromatic heterocycles. The summed E-state index contributed by atoms with van der Waals surface area (Å²) in [5.74, 6) is 0.569. The standard InChI is InChI=1S/C12H18N2O/c1-9-5-11(7-13-6-9)14-12-3-4-15-8-10(12)2/h5-7,10,12,14H,3-4,8H2,1-2H3/t10-,12?/m0/s1. The number of anilines is 1. The highest BCUT2D eigenvalue weighted by atomic mass is 16.5. The highest BCUT2D eigenvalue weighted by molar-refractivity contribution is 5.43. The summed E-state index contributed by atoms with van der Waals surface area (Å²) < 4.78 is 5.42. The van der Waals surface area contributed by atoms with Crippen LogP contribution in [0.2, 0.25) is 0 Å². The monoisotopic (exact) mass is 206 g/mol. The van der Waals surface area contributed by atoms with Gasteiger partial charge in [0.15, 0.2) is 0 Å². The van der Waals surface area contributed by atoms with Crippen molar-refractivity contribution in [3.05, 3.63) is 24.0 Å². The fourth-order valence-electron chi connectivity index (χ4n) is 1.94. The van der Waals surface area contributed by atoms with Crippen LogP contribution in [0, 0.1) is 12.8 Å². The Labute approximate surface area is 90.9 Å². The Morgan fingerprint density at radius 2 is 2.33 bits per heavy atom. The highest BCUT2D eigenvalue weighted by Crippen LogP contribution is 2.19. The number of ether oxygens (including phenoxy) is 1. The average Bonchev–Trinajstić information content (AvgIpc) is 2.22. The SMILES string of the molecule is Cc1cncc(NC2CCOC[C@@H]2C)c1. The third-order valence-electron chi connectivity index (χ3n) is 2.87. The van der Waals surface area contributed by atoms with Gasteiger partial charge in [-0.3, -0.25) is 4.98 Å². The van der Waals surface area contributed by atoms with Gasteiger partial charge in [-0.05, 0) is 30.9 Å². The fourth-order valence-corrected chi connectivity index (χ4v) is 1.94. The number of pyridine rings is 1. The first kappa shape index (κ1) is 10.4. The molecule has 2 rings (SSSR count). The number of rotatable bonds is 2. The number of aromatic nitrogens is 1. The van der Waals surface area contributed by atoms with E-state index in [2.05, 4.69) is 30.2 Å². The van der Waals surface area contributed by atoms with Crippen LogP contribution >= 0.6 is 0 Å². The van der Waals surface area contributed by atoms with E-state index in [-0.39, 0.29) is 0 Å². The Morgan fingerprint density at radius 1 is 1.47 bits per heavy atom. The maximum absolute atomic E-state index is 5.42. The summed E-state index contributed by atoms with van der Waals surface area (Å²) >= 11 is 0. The van der Waals surface area contributed by atoms with Gasteiger partial charge in [0.2, 0.25) is 0 Å². The second kappa shape index (κ2) is 4.62. The molecule has 15 heavy (non-hydrogen) atoms. The van der Waals surface area contributed by atoms with Crippen molar-refractivity contribution in [3.63, 3.8) is 0 Å². The lowest BCUT2D eigenvalue weighted by Crippen LogP contribution is -2.35. The smallest absolute Gasteiger partial charge is 0.0531 e. The molecule has 0 aromatic carbocycles. The summed E-state index contributed by atoms with van der Waals surface area (Å²) in [7, 11) is 0. The lowest BCUT2D eigenvalue weighted by Gasteiger charge is -2.30. The summed E-state index contributed by atoms with van der Waals surface area (Å²) in [5, 5.41) is 3.53. The third kappa shape index (κ3) is 2.69. The van der Waals surface area contributed by atoms with Crippen LogP contribution in [0.5, 0.6) is 0 Å². The largest absolute Gasteiger partial charge is 0.381 e. The van der Waals surface area contributed by atoms with Gasteiger partial charge in [-0.2, -0.15) is 0 Å². The van der Waals surface area contributed by atoms with Crippen LogP contribution in [0.4, 0.5) is 5.69 Å². The Balaban J connectivity index is 2.01. The second-order valence-corrected chi connectivity index (χ2v) is 4.34. The van der Waals surface area contributed by atoms with E-state index in [0.717, 1.165) is 25.3 Å². The van der Waals surface area contributed by atoms with E-state index in [1.165, 1.54) is 5.56 Å². The Morgan fingerprint density at radius 3 is 3.07 bits per heavy atom. The molecule has 2 heterocycles. The third-order valence-corrected chi connectivity index (χ3v) is 2.87. The molecule has 0 spiro atoms. The van der Waals surface area contributed by atoms with Crippen molar-refractivity contribution in [2.24, 2.45) is 5.92 Å². The zero-order valence-corrected chi connectivity index (χ0v) is 9.36. The van der Waals surface area contributed by atoms with Crippen molar-refractivity contribution in [1.82, 2.24) is 4.98 Å². The van der Waals surface area contributed by atoms with Crippen molar-refractivity contribution < 1.29 is 4.74 Å². The minimum atomic E-state index is 0.516. The van der Waals surface area contributed by atoms with E-state index < -0.39 is 0 Å². The van der Waals surface area contributed by atoms with Crippen molar-refractivity contribution in [2.75, 3.05) is 18.5 Å². The molecule has 1 aliphatic rings. The molecule has 2 atom stereocenters. The van der Waals surface area contributed by atoms with E-state index in [4.69, 9.17) is 4.74 Å². The summed E-state index contributed by atoms with van der Waals surface area (Å²) in [5.41, 5.74) is 2.31. The zero-order valence-electron chi connectivity index (χ0n) is 9.36. The van der Waals surface area contributed by atoms with Crippen molar-refractivity contribution in [3.8, 4) is 0 Å². The van der Waals surface area contributed by atoms with Gasteiger partial charge >= 0.3 is 0 Å². The van der Waals surface area contributed by atoms with Crippen molar-refractivity contribution >= 4 is 5.69 Å². The number of hydrogen-bond donors (Lipinski definition) is 1. The first-order chi connectivity index (χ1) is 7.25. The lowest BCUT2D eigenvalue weighted by molar-refractivity contribution is 0.0537. The predicted octanol–water partition coefficient (Wildman–Crippen LogP) is 2.23. The van der Waals surface area contributed by atoms with E-state index in [1.807, 2.05) is 12.4 Å². The van der Waals surface area contributed by atoms with Gasteiger partial charge in [-0.1, -0.05) is 6.92 Å². The lowest BCUT2D eigenvalue weighted by atomic mass is 9.97. The Hall–Kier alpha value is -1.09. The molecule has 1 aliphatic heterocycles. The van der Waals surface area contributed by atoms with Crippen LogP contribution in [0.3, 0.4) is 0 Å². The second-order valence-electron chi connectivity index (χ2n) is 4.34. The van der Waals surface area contributed by atoms with Crippen LogP contribution in [0.15, 0.2) is 18.5 Å². The number of nitrogens with one attached hydrogen (secondary N) is 1. The number of hydrogen-bond acceptors (Lipinski definition) is 3. The van der Waals surface area contributed by atoms with Gasteiger partial charge in [0.1, 0.15) is 0 Å². The predicted molar refractivity (Wildman–Crippen MR) is 61.0 cm³/mol.